The maximum absolute atomic E-state index is 13.1. The number of ether oxygens (including phenoxy) is 1. The van der Waals surface area contributed by atoms with Gasteiger partial charge in [0.25, 0.3) is 10.0 Å². The number of carbonyl (C=O) groups excluding carboxylic acids is 1. The minimum Gasteiger partial charge on any atom is -0.492 e. The highest BCUT2D eigenvalue weighted by molar-refractivity contribution is 9.11. The van der Waals surface area contributed by atoms with Gasteiger partial charge in [0.15, 0.2) is 0 Å². The summed E-state index contributed by atoms with van der Waals surface area (Å²) in [4.78, 5) is 13.1. The molecule has 0 aliphatic carbocycles. The number of halogens is 1. The van der Waals surface area contributed by atoms with Gasteiger partial charge >= 0.3 is 0 Å². The van der Waals surface area contributed by atoms with E-state index in [1.165, 1.54) is 6.07 Å². The second-order valence-electron chi connectivity index (χ2n) is 6.34. The van der Waals surface area contributed by atoms with Crippen molar-refractivity contribution in [3.63, 3.8) is 0 Å². The molecule has 0 unspecified atom stereocenters. The van der Waals surface area contributed by atoms with Crippen LogP contribution in [0.5, 0.6) is 5.75 Å². The quantitative estimate of drug-likeness (QED) is 0.447. The van der Waals surface area contributed by atoms with Gasteiger partial charge in [-0.1, -0.05) is 42.5 Å². The smallest absolute Gasteiger partial charge is 0.250 e. The number of sulfonamides is 1. The summed E-state index contributed by atoms with van der Waals surface area (Å²) in [5, 5.41) is 2.80. The fourth-order valence-corrected chi connectivity index (χ4v) is 6.02. The number of thiophene rings is 1. The van der Waals surface area contributed by atoms with Gasteiger partial charge in [0.2, 0.25) is 5.91 Å². The molecule has 1 aromatic heterocycles. The van der Waals surface area contributed by atoms with E-state index in [-0.39, 0.29) is 10.6 Å². The number of hydrogen-bond donors (Lipinski definition) is 2. The third-order valence-electron chi connectivity index (χ3n) is 4.15. The fraction of sp³-hybridized carbons (Fsp3) is 0.190. The maximum Gasteiger partial charge on any atom is 0.250 e. The van der Waals surface area contributed by atoms with Crippen LogP contribution in [0.15, 0.2) is 74.7 Å². The molecule has 158 valence electrons. The van der Waals surface area contributed by atoms with E-state index in [9.17, 15) is 13.2 Å². The molecule has 0 aliphatic heterocycles. The SMILES string of the molecule is CCOc1ccccc1NC(=O)[C@H](Cc1ccccc1)NS(=O)(=O)c1ccc(Br)s1. The Balaban J connectivity index is 1.86. The van der Waals surface area contributed by atoms with Crippen molar-refractivity contribution in [2.45, 2.75) is 23.6 Å². The first-order valence-corrected chi connectivity index (χ1v) is 12.3. The molecule has 0 bridgehead atoms. The number of nitrogens with one attached hydrogen (secondary N) is 2. The van der Waals surface area contributed by atoms with Crippen LogP contribution in [0, 0.1) is 0 Å². The molecule has 2 aromatic carbocycles. The molecule has 0 saturated heterocycles. The van der Waals surface area contributed by atoms with Gasteiger partial charge in [0.05, 0.1) is 16.1 Å². The second-order valence-corrected chi connectivity index (χ2v) is 10.7. The zero-order valence-electron chi connectivity index (χ0n) is 16.2. The first kappa shape index (κ1) is 22.5. The van der Waals surface area contributed by atoms with Gasteiger partial charge in [-0.15, -0.1) is 11.3 Å². The van der Waals surface area contributed by atoms with Crippen LogP contribution in [0.3, 0.4) is 0 Å². The van der Waals surface area contributed by atoms with Gasteiger partial charge in [-0.25, -0.2) is 8.42 Å². The van der Waals surface area contributed by atoms with Crippen molar-refractivity contribution in [1.82, 2.24) is 4.72 Å². The summed E-state index contributed by atoms with van der Waals surface area (Å²) in [5.74, 6) is 0.0575. The van der Waals surface area contributed by atoms with E-state index in [4.69, 9.17) is 4.74 Å². The Bertz CT molecular complexity index is 1100. The maximum atomic E-state index is 13.1. The Morgan fingerprint density at radius 3 is 2.43 bits per heavy atom. The molecule has 0 aliphatic rings. The Hall–Kier alpha value is -2.20. The molecule has 0 saturated carbocycles. The normalized spacial score (nSPS) is 12.3. The Morgan fingerprint density at radius 2 is 1.77 bits per heavy atom. The largest absolute Gasteiger partial charge is 0.492 e. The first-order valence-electron chi connectivity index (χ1n) is 9.23. The van der Waals surface area contributed by atoms with E-state index >= 15 is 0 Å². The highest BCUT2D eigenvalue weighted by Crippen LogP contribution is 2.27. The molecule has 2 N–H and O–H groups in total. The molecule has 6 nitrogen and oxygen atoms in total. The Morgan fingerprint density at radius 1 is 1.07 bits per heavy atom. The molecule has 3 aromatic rings. The van der Waals surface area contributed by atoms with Gasteiger partial charge in [-0.3, -0.25) is 4.79 Å². The van der Waals surface area contributed by atoms with Crippen LogP contribution in [0.2, 0.25) is 0 Å². The number of anilines is 1. The summed E-state index contributed by atoms with van der Waals surface area (Å²) >= 11 is 4.36. The number of rotatable bonds is 9. The fourth-order valence-electron chi connectivity index (χ4n) is 2.80. The van der Waals surface area contributed by atoms with E-state index in [2.05, 4.69) is 26.0 Å². The molecule has 3 rings (SSSR count). The lowest BCUT2D eigenvalue weighted by Crippen LogP contribution is -2.45. The van der Waals surface area contributed by atoms with Crippen LogP contribution >= 0.6 is 27.3 Å². The van der Waals surface area contributed by atoms with E-state index in [0.29, 0.717) is 21.8 Å². The van der Waals surface area contributed by atoms with Gasteiger partial charge in [-0.05, 0) is 59.1 Å². The van der Waals surface area contributed by atoms with Crippen LogP contribution in [0.1, 0.15) is 12.5 Å². The van der Waals surface area contributed by atoms with E-state index in [1.54, 1.807) is 30.3 Å². The summed E-state index contributed by atoms with van der Waals surface area (Å²) in [6.45, 7) is 2.30. The van der Waals surface area contributed by atoms with Gasteiger partial charge < -0.3 is 10.1 Å². The third-order valence-corrected chi connectivity index (χ3v) is 7.74. The average Bonchev–Trinajstić information content (AvgIpc) is 3.17. The summed E-state index contributed by atoms with van der Waals surface area (Å²) in [6.07, 6.45) is 0.204. The Kier molecular flexibility index (Phi) is 7.65. The van der Waals surface area contributed by atoms with Crippen LogP contribution in [0.25, 0.3) is 0 Å². The summed E-state index contributed by atoms with van der Waals surface area (Å²) < 4.78 is 34.6. The topological polar surface area (TPSA) is 84.5 Å². The minimum atomic E-state index is -3.87. The lowest BCUT2D eigenvalue weighted by molar-refractivity contribution is -0.117. The molecule has 9 heteroatoms. The van der Waals surface area contributed by atoms with Gasteiger partial charge in [-0.2, -0.15) is 4.72 Å². The van der Waals surface area contributed by atoms with Gasteiger partial charge in [0, 0.05) is 0 Å². The standard InChI is InChI=1S/C21H21BrN2O4S2/c1-2-28-18-11-7-6-10-16(18)23-21(25)17(14-15-8-4-3-5-9-15)24-30(26,27)20-13-12-19(22)29-20/h3-13,17,24H,2,14H2,1H3,(H,23,25)/t17-/m0/s1. The molecule has 30 heavy (non-hydrogen) atoms. The van der Waals surface area contributed by atoms with Crippen LogP contribution in [0.4, 0.5) is 5.69 Å². The van der Waals surface area contributed by atoms with Crippen molar-refractivity contribution in [2.24, 2.45) is 0 Å². The highest BCUT2D eigenvalue weighted by Gasteiger charge is 2.27. The lowest BCUT2D eigenvalue weighted by atomic mass is 10.1. The van der Waals surface area contributed by atoms with Crippen molar-refractivity contribution >= 4 is 48.9 Å². The first-order chi connectivity index (χ1) is 14.4. The number of benzene rings is 2. The predicted octanol–water partition coefficient (Wildman–Crippen LogP) is 4.44. The molecule has 0 spiro atoms. The van der Waals surface area contributed by atoms with E-state index < -0.39 is 22.0 Å². The number of amides is 1. The molecule has 1 amide bonds. The average molecular weight is 509 g/mol. The van der Waals surface area contributed by atoms with Crippen LogP contribution in [-0.2, 0) is 21.2 Å². The van der Waals surface area contributed by atoms with Crippen molar-refractivity contribution < 1.29 is 17.9 Å². The zero-order valence-corrected chi connectivity index (χ0v) is 19.4. The van der Waals surface area contributed by atoms with Crippen molar-refractivity contribution in [3.8, 4) is 5.75 Å². The Labute approximate surface area is 188 Å². The van der Waals surface area contributed by atoms with E-state index in [0.717, 1.165) is 16.9 Å². The molecular weight excluding hydrogens is 488 g/mol. The molecule has 0 radical (unpaired) electrons. The van der Waals surface area contributed by atoms with Crippen molar-refractivity contribution in [2.75, 3.05) is 11.9 Å². The van der Waals surface area contributed by atoms with Crippen LogP contribution in [-0.4, -0.2) is 27.0 Å². The lowest BCUT2D eigenvalue weighted by Gasteiger charge is -2.19. The van der Waals surface area contributed by atoms with E-state index in [1.807, 2.05) is 37.3 Å². The summed E-state index contributed by atoms with van der Waals surface area (Å²) in [7, 11) is -3.87. The molecule has 1 heterocycles. The predicted molar refractivity (Wildman–Crippen MR) is 123 cm³/mol. The second kappa shape index (κ2) is 10.2. The number of hydrogen-bond acceptors (Lipinski definition) is 5. The zero-order chi connectivity index (χ0) is 21.6. The van der Waals surface area contributed by atoms with Crippen molar-refractivity contribution in [1.29, 1.82) is 0 Å². The third kappa shape index (κ3) is 5.91. The number of para-hydroxylation sites is 2. The molecule has 0 fully saturated rings. The van der Waals surface area contributed by atoms with Gasteiger partial charge in [0.1, 0.15) is 16.0 Å². The van der Waals surface area contributed by atoms with Crippen LogP contribution < -0.4 is 14.8 Å². The monoisotopic (exact) mass is 508 g/mol. The van der Waals surface area contributed by atoms with Crippen molar-refractivity contribution in [3.05, 3.63) is 76.1 Å². The number of carbonyl (C=O) groups is 1. The summed E-state index contributed by atoms with van der Waals surface area (Å²) in [6, 6.07) is 18.5. The molecular formula is C21H21BrN2O4S2. The minimum absolute atomic E-state index is 0.134. The highest BCUT2D eigenvalue weighted by atomic mass is 79.9. The summed E-state index contributed by atoms with van der Waals surface area (Å²) in [5.41, 5.74) is 1.33. The molecule has 1 atom stereocenters.